The van der Waals surface area contributed by atoms with Crippen LogP contribution in [0.1, 0.15) is 51.6 Å². The van der Waals surface area contributed by atoms with Crippen LogP contribution in [-0.4, -0.2) is 50.9 Å². The molecule has 10 heteroatoms. The minimum absolute atomic E-state index is 0.148. The average molecular weight is 580 g/mol. The Hall–Kier alpha value is -5.25. The van der Waals surface area contributed by atoms with Gasteiger partial charge in [0.1, 0.15) is 6.54 Å². The number of aryl methyl sites for hydroxylation is 2. The number of fused-ring (bicyclic) bond motifs is 1. The van der Waals surface area contributed by atoms with E-state index in [9.17, 15) is 19.5 Å². The minimum Gasteiger partial charge on any atom is -0.481 e. The Labute approximate surface area is 249 Å². The van der Waals surface area contributed by atoms with Crippen molar-refractivity contribution in [2.45, 2.75) is 38.8 Å². The van der Waals surface area contributed by atoms with E-state index in [4.69, 9.17) is 10.5 Å². The Kier molecular flexibility index (Phi) is 8.95. The van der Waals surface area contributed by atoms with Crippen LogP contribution in [-0.2, 0) is 22.6 Å². The molecule has 1 unspecified atom stereocenters. The largest absolute Gasteiger partial charge is 0.481 e. The number of amides is 2. The Balaban J connectivity index is 1.45. The molecule has 0 aliphatic carbocycles. The number of hydrogen-bond acceptors (Lipinski definition) is 7. The lowest BCUT2D eigenvalue weighted by atomic mass is 9.99. The first kappa shape index (κ1) is 29.2. The fraction of sp³-hybridized carbons (Fsp3) is 0.242. The van der Waals surface area contributed by atoms with E-state index < -0.39 is 12.0 Å². The molecule has 3 N–H and O–H groups in total. The van der Waals surface area contributed by atoms with Crippen LogP contribution in [0.15, 0.2) is 84.9 Å². The van der Waals surface area contributed by atoms with Crippen molar-refractivity contribution in [3.05, 3.63) is 113 Å². The molecule has 0 saturated carbocycles. The third kappa shape index (κ3) is 7.16. The smallest absolute Gasteiger partial charge is 0.305 e. The number of carbonyl (C=O) groups is 3. The molecular weight excluding hydrogens is 546 g/mol. The highest BCUT2D eigenvalue weighted by atomic mass is 16.5. The number of aliphatic carboxylic acids is 1. The third-order valence-electron chi connectivity index (χ3n) is 7.27. The summed E-state index contributed by atoms with van der Waals surface area (Å²) in [5.41, 5.74) is 9.72. The maximum Gasteiger partial charge on any atom is 0.305 e. The molecule has 2 amide bonds. The van der Waals surface area contributed by atoms with Gasteiger partial charge in [0.15, 0.2) is 0 Å². The summed E-state index contributed by atoms with van der Waals surface area (Å²) in [6.45, 7) is 2.21. The summed E-state index contributed by atoms with van der Waals surface area (Å²) >= 11 is 0. The van der Waals surface area contributed by atoms with Crippen molar-refractivity contribution in [2.24, 2.45) is 0 Å². The second-order valence-electron chi connectivity index (χ2n) is 10.4. The van der Waals surface area contributed by atoms with Crippen LogP contribution >= 0.6 is 0 Å². The molecule has 2 heterocycles. The number of nitrogens with zero attached hydrogens (tertiary/aromatic N) is 4. The molecule has 3 aromatic carbocycles. The van der Waals surface area contributed by atoms with E-state index in [1.165, 1.54) is 4.90 Å². The summed E-state index contributed by atoms with van der Waals surface area (Å²) in [4.78, 5) is 51.1. The normalized spacial score (nSPS) is 13.8. The van der Waals surface area contributed by atoms with Crippen molar-refractivity contribution >= 4 is 29.4 Å². The van der Waals surface area contributed by atoms with Gasteiger partial charge in [-0.2, -0.15) is 4.98 Å². The molecular formula is C33H33N5O5. The number of hydrogen-bond donors (Lipinski definition) is 2. The summed E-state index contributed by atoms with van der Waals surface area (Å²) in [5, 5.41) is 9.76. The molecule has 43 heavy (non-hydrogen) atoms. The van der Waals surface area contributed by atoms with Crippen molar-refractivity contribution in [2.75, 3.05) is 23.8 Å². The van der Waals surface area contributed by atoms with Gasteiger partial charge in [-0.15, -0.1) is 0 Å². The summed E-state index contributed by atoms with van der Waals surface area (Å²) < 4.78 is 5.76. The van der Waals surface area contributed by atoms with Crippen LogP contribution in [0, 0.1) is 6.92 Å². The first-order valence-corrected chi connectivity index (χ1v) is 14.1. The molecule has 1 aliphatic rings. The summed E-state index contributed by atoms with van der Waals surface area (Å²) in [5.74, 6) is -1.19. The molecule has 0 radical (unpaired) electrons. The number of nitrogens with two attached hydrogens (primary N) is 1. The SMILES string of the molecule is Cc1cc(OCCCc2ccc3c(c2)C(=O)N(C(CC(=O)O)c2ccccc2)CC(=O)N3Cc2ccccc2)nc(N)n1. The van der Waals surface area contributed by atoms with Gasteiger partial charge in [0, 0.05) is 11.8 Å². The van der Waals surface area contributed by atoms with Crippen molar-refractivity contribution in [1.29, 1.82) is 0 Å². The van der Waals surface area contributed by atoms with Crippen LogP contribution < -0.4 is 15.4 Å². The summed E-state index contributed by atoms with van der Waals surface area (Å²) in [6.07, 6.45) is 0.906. The number of benzene rings is 3. The fourth-order valence-electron chi connectivity index (χ4n) is 5.27. The number of carboxylic acid groups (broad SMARTS) is 1. The lowest BCUT2D eigenvalue weighted by Crippen LogP contribution is -2.41. The predicted octanol–water partition coefficient (Wildman–Crippen LogP) is 4.58. The van der Waals surface area contributed by atoms with Gasteiger partial charge in [0.25, 0.3) is 5.91 Å². The molecule has 1 aliphatic heterocycles. The number of aromatic nitrogens is 2. The van der Waals surface area contributed by atoms with Crippen LogP contribution in [0.3, 0.4) is 0 Å². The number of rotatable bonds is 11. The molecule has 0 saturated heterocycles. The van der Waals surface area contributed by atoms with Gasteiger partial charge in [-0.1, -0.05) is 66.7 Å². The molecule has 1 atom stereocenters. The molecule has 0 bridgehead atoms. The molecule has 1 aromatic heterocycles. The zero-order chi connectivity index (χ0) is 30.3. The first-order chi connectivity index (χ1) is 20.8. The van der Waals surface area contributed by atoms with E-state index in [1.54, 1.807) is 47.4 Å². The van der Waals surface area contributed by atoms with Crippen LogP contribution in [0.4, 0.5) is 11.6 Å². The van der Waals surface area contributed by atoms with E-state index >= 15 is 0 Å². The van der Waals surface area contributed by atoms with Gasteiger partial charge in [0.05, 0.1) is 36.9 Å². The van der Waals surface area contributed by atoms with Gasteiger partial charge in [-0.3, -0.25) is 14.4 Å². The fourth-order valence-corrected chi connectivity index (χ4v) is 5.27. The van der Waals surface area contributed by atoms with Crippen LogP contribution in [0.5, 0.6) is 5.88 Å². The summed E-state index contributed by atoms with van der Waals surface area (Å²) in [6, 6.07) is 24.9. The third-order valence-corrected chi connectivity index (χ3v) is 7.27. The van der Waals surface area contributed by atoms with E-state index in [0.717, 1.165) is 11.1 Å². The topological polar surface area (TPSA) is 139 Å². The average Bonchev–Trinajstić information content (AvgIpc) is 3.09. The minimum atomic E-state index is -1.06. The Morgan fingerprint density at radius 1 is 0.977 bits per heavy atom. The maximum absolute atomic E-state index is 14.2. The van der Waals surface area contributed by atoms with Crippen molar-refractivity contribution in [3.63, 3.8) is 0 Å². The Morgan fingerprint density at radius 3 is 2.40 bits per heavy atom. The van der Waals surface area contributed by atoms with E-state index in [0.29, 0.717) is 47.8 Å². The van der Waals surface area contributed by atoms with E-state index in [2.05, 4.69) is 9.97 Å². The zero-order valence-electron chi connectivity index (χ0n) is 23.8. The number of ether oxygens (including phenoxy) is 1. The van der Waals surface area contributed by atoms with Crippen molar-refractivity contribution in [1.82, 2.24) is 14.9 Å². The van der Waals surface area contributed by atoms with Crippen molar-refractivity contribution in [3.8, 4) is 5.88 Å². The van der Waals surface area contributed by atoms with Gasteiger partial charge >= 0.3 is 5.97 Å². The highest BCUT2D eigenvalue weighted by molar-refractivity contribution is 6.10. The molecule has 5 rings (SSSR count). The van der Waals surface area contributed by atoms with E-state index in [-0.39, 0.29) is 37.3 Å². The van der Waals surface area contributed by atoms with E-state index in [1.807, 2.05) is 49.4 Å². The standard InChI is InChI=1S/C33H33N5O5/c1-22-17-29(36-33(34)35-22)43-16-8-11-23-14-15-27-26(18-23)32(42)38(28(19-31(40)41)25-12-6-3-7-13-25)21-30(39)37(27)20-24-9-4-2-5-10-24/h2-7,9-10,12-15,17-18,28H,8,11,16,19-21H2,1H3,(H,40,41)(H2,34,35,36). The van der Waals surface area contributed by atoms with Gasteiger partial charge in [0.2, 0.25) is 17.7 Å². The molecule has 4 aromatic rings. The van der Waals surface area contributed by atoms with Crippen LogP contribution in [0.2, 0.25) is 0 Å². The molecule has 0 spiro atoms. The maximum atomic E-state index is 14.2. The van der Waals surface area contributed by atoms with Crippen LogP contribution in [0.25, 0.3) is 0 Å². The number of carbonyl (C=O) groups excluding carboxylic acids is 2. The highest BCUT2D eigenvalue weighted by Gasteiger charge is 2.37. The lowest BCUT2D eigenvalue weighted by molar-refractivity contribution is -0.138. The Bertz CT molecular complexity index is 1590. The van der Waals surface area contributed by atoms with Gasteiger partial charge in [-0.25, -0.2) is 4.98 Å². The van der Waals surface area contributed by atoms with Gasteiger partial charge in [-0.05, 0) is 48.6 Å². The zero-order valence-corrected chi connectivity index (χ0v) is 23.8. The number of nitrogen functional groups attached to an aromatic ring is 1. The second kappa shape index (κ2) is 13.2. The van der Waals surface area contributed by atoms with Crippen molar-refractivity contribution < 1.29 is 24.2 Å². The second-order valence-corrected chi connectivity index (χ2v) is 10.4. The monoisotopic (exact) mass is 579 g/mol. The highest BCUT2D eigenvalue weighted by Crippen LogP contribution is 2.34. The van der Waals surface area contributed by atoms with Gasteiger partial charge < -0.3 is 25.4 Å². The summed E-state index contributed by atoms with van der Waals surface area (Å²) in [7, 11) is 0. The number of anilines is 2. The lowest BCUT2D eigenvalue weighted by Gasteiger charge is -2.30. The number of carboxylic acids is 1. The Morgan fingerprint density at radius 2 is 1.70 bits per heavy atom. The quantitative estimate of drug-likeness (QED) is 0.246. The molecule has 10 nitrogen and oxygen atoms in total. The first-order valence-electron chi connectivity index (χ1n) is 14.1. The predicted molar refractivity (Wildman–Crippen MR) is 162 cm³/mol. The molecule has 220 valence electrons. The molecule has 0 fully saturated rings.